The first kappa shape index (κ1) is 21.3. The van der Waals surface area contributed by atoms with E-state index >= 15 is 0 Å². The van der Waals surface area contributed by atoms with Gasteiger partial charge in [-0.2, -0.15) is 0 Å². The first-order valence-corrected chi connectivity index (χ1v) is 8.65. The van der Waals surface area contributed by atoms with Crippen molar-refractivity contribution >= 4 is 22.9 Å². The molecule has 8 heteroatoms. The molecule has 1 unspecified atom stereocenters. The fourth-order valence-corrected chi connectivity index (χ4v) is 3.13. The Hall–Kier alpha value is -2.77. The molecule has 0 aromatic heterocycles. The molecule has 1 atom stereocenters. The van der Waals surface area contributed by atoms with Gasteiger partial charge in [-0.3, -0.25) is 20.2 Å². The number of nitro benzene ring substituents is 2. The number of nitro groups is 2. The lowest BCUT2D eigenvalue weighted by Gasteiger charge is -2.20. The zero-order valence-corrected chi connectivity index (χ0v) is 15.2. The lowest BCUT2D eigenvalue weighted by Crippen LogP contribution is -2.11. The first-order valence-electron chi connectivity index (χ1n) is 8.65. The number of non-ortho nitro benzene ring substituents is 1. The fourth-order valence-electron chi connectivity index (χ4n) is 3.13. The number of carboxylic acid groups (broad SMARTS) is 1. The van der Waals surface area contributed by atoms with Crippen molar-refractivity contribution in [3.8, 4) is 0 Å². The van der Waals surface area contributed by atoms with Gasteiger partial charge >= 0.3 is 5.97 Å². The van der Waals surface area contributed by atoms with Gasteiger partial charge < -0.3 is 5.11 Å². The molecule has 0 amide bonds. The van der Waals surface area contributed by atoms with Crippen LogP contribution in [0.4, 0.5) is 11.4 Å². The Morgan fingerprint density at radius 3 is 2.23 bits per heavy atom. The first-order chi connectivity index (χ1) is 12.3. The summed E-state index contributed by atoms with van der Waals surface area (Å²) in [4.78, 5) is 33.0. The van der Waals surface area contributed by atoms with E-state index in [1.807, 2.05) is 13.8 Å². The predicted octanol–water partition coefficient (Wildman–Crippen LogP) is 5.06. The van der Waals surface area contributed by atoms with Crippen molar-refractivity contribution in [1.29, 1.82) is 0 Å². The van der Waals surface area contributed by atoms with E-state index in [2.05, 4.69) is 0 Å². The minimum atomic E-state index is -1.29. The van der Waals surface area contributed by atoms with Crippen LogP contribution in [0.3, 0.4) is 0 Å². The van der Waals surface area contributed by atoms with Crippen LogP contribution in [0.25, 0.3) is 5.57 Å². The average molecular weight is 364 g/mol. The highest BCUT2D eigenvalue weighted by atomic mass is 16.6. The van der Waals surface area contributed by atoms with Gasteiger partial charge in [0.15, 0.2) is 0 Å². The molecule has 142 valence electrons. The van der Waals surface area contributed by atoms with E-state index in [-0.39, 0.29) is 17.1 Å². The van der Waals surface area contributed by atoms with E-state index in [4.69, 9.17) is 0 Å². The van der Waals surface area contributed by atoms with Crippen molar-refractivity contribution in [1.82, 2.24) is 0 Å². The summed E-state index contributed by atoms with van der Waals surface area (Å²) in [6.07, 6.45) is 5.18. The summed E-state index contributed by atoms with van der Waals surface area (Å²) < 4.78 is 0. The van der Waals surface area contributed by atoms with Gasteiger partial charge in [0.05, 0.1) is 27.0 Å². The van der Waals surface area contributed by atoms with E-state index in [0.717, 1.165) is 25.3 Å². The van der Waals surface area contributed by atoms with Gasteiger partial charge in [-0.05, 0) is 31.2 Å². The molecule has 0 aliphatic heterocycles. The van der Waals surface area contributed by atoms with Crippen LogP contribution in [0, 0.1) is 20.2 Å². The molecule has 0 spiro atoms. The van der Waals surface area contributed by atoms with Crippen LogP contribution >= 0.6 is 0 Å². The van der Waals surface area contributed by atoms with Crippen molar-refractivity contribution in [3.63, 3.8) is 0 Å². The molecule has 0 aliphatic carbocycles. The van der Waals surface area contributed by atoms with Gasteiger partial charge in [-0.25, -0.2) is 4.79 Å². The Morgan fingerprint density at radius 1 is 1.15 bits per heavy atom. The zero-order valence-electron chi connectivity index (χ0n) is 15.2. The summed E-state index contributed by atoms with van der Waals surface area (Å²) in [6, 6.07) is 2.14. The monoisotopic (exact) mass is 364 g/mol. The topological polar surface area (TPSA) is 124 Å². The second-order valence-corrected chi connectivity index (χ2v) is 6.08. The second kappa shape index (κ2) is 9.65. The Morgan fingerprint density at radius 2 is 1.81 bits per heavy atom. The third kappa shape index (κ3) is 4.87. The number of benzene rings is 1. The number of allylic oxidation sites excluding steroid dienone is 1. The summed E-state index contributed by atoms with van der Waals surface area (Å²) in [5.41, 5.74) is -0.794. The molecule has 0 bridgehead atoms. The molecule has 0 heterocycles. The second-order valence-electron chi connectivity index (χ2n) is 6.08. The molecule has 1 rings (SSSR count). The molecular weight excluding hydrogens is 340 g/mol. The van der Waals surface area contributed by atoms with Crippen LogP contribution in [-0.4, -0.2) is 20.9 Å². The van der Waals surface area contributed by atoms with Crippen molar-refractivity contribution in [2.75, 3.05) is 0 Å². The quantitative estimate of drug-likeness (QED) is 0.351. The minimum Gasteiger partial charge on any atom is -0.478 e. The van der Waals surface area contributed by atoms with Gasteiger partial charge in [-0.15, -0.1) is 0 Å². The molecule has 0 fully saturated rings. The molecule has 0 saturated carbocycles. The summed E-state index contributed by atoms with van der Waals surface area (Å²) in [5, 5.41) is 32.3. The lowest BCUT2D eigenvalue weighted by atomic mass is 9.83. The highest BCUT2D eigenvalue weighted by molar-refractivity contribution is 6.17. The van der Waals surface area contributed by atoms with E-state index in [1.54, 1.807) is 0 Å². The van der Waals surface area contributed by atoms with E-state index in [9.17, 15) is 30.1 Å². The third-order valence-corrected chi connectivity index (χ3v) is 4.31. The number of hydrogen-bond acceptors (Lipinski definition) is 5. The molecule has 1 aromatic rings. The number of nitrogens with zero attached hydrogens (tertiary/aromatic N) is 2. The summed E-state index contributed by atoms with van der Waals surface area (Å²) in [6.45, 7) is 5.45. The minimum absolute atomic E-state index is 0.0230. The molecule has 0 aliphatic rings. The standard InChI is InChI=1S/C18H24N2O6/c1-4-7-9-12(8-5-2)15-10-13(19(23)24)11-16(20(25)26)17(15)14(6-3)18(21)22/h6,10-12H,4-5,7-9H2,1-3H3,(H,21,22)/b14-6+. The summed E-state index contributed by atoms with van der Waals surface area (Å²) >= 11 is 0. The van der Waals surface area contributed by atoms with E-state index in [1.165, 1.54) is 19.1 Å². The van der Waals surface area contributed by atoms with Crippen LogP contribution in [0.1, 0.15) is 69.9 Å². The number of carbonyl (C=O) groups is 1. The molecule has 1 aromatic carbocycles. The number of rotatable bonds is 10. The molecule has 1 N–H and O–H groups in total. The van der Waals surface area contributed by atoms with Gasteiger partial charge in [-0.1, -0.05) is 39.2 Å². The fraction of sp³-hybridized carbons (Fsp3) is 0.500. The third-order valence-electron chi connectivity index (χ3n) is 4.31. The Labute approximate surface area is 151 Å². The SMILES string of the molecule is C/C=C(/C(=O)O)c1c(C(CCC)CCCC)cc([N+](=O)[O-])cc1[N+](=O)[O-]. The van der Waals surface area contributed by atoms with E-state index < -0.39 is 27.2 Å². The Bertz CT molecular complexity index is 727. The summed E-state index contributed by atoms with van der Waals surface area (Å²) in [7, 11) is 0. The van der Waals surface area contributed by atoms with Crippen LogP contribution in [0.15, 0.2) is 18.2 Å². The molecule has 0 saturated heterocycles. The Kier molecular flexibility index (Phi) is 7.89. The van der Waals surface area contributed by atoms with Gasteiger partial charge in [0.1, 0.15) is 0 Å². The number of unbranched alkanes of at least 4 members (excludes halogenated alkanes) is 1. The number of aliphatic carboxylic acids is 1. The van der Waals surface area contributed by atoms with Crippen molar-refractivity contribution in [2.24, 2.45) is 0 Å². The zero-order chi connectivity index (χ0) is 19.9. The van der Waals surface area contributed by atoms with Crippen LogP contribution < -0.4 is 0 Å². The van der Waals surface area contributed by atoms with Crippen LogP contribution in [0.2, 0.25) is 0 Å². The van der Waals surface area contributed by atoms with E-state index in [0.29, 0.717) is 18.4 Å². The molecular formula is C18H24N2O6. The van der Waals surface area contributed by atoms with Crippen molar-refractivity contribution in [2.45, 2.75) is 58.8 Å². The lowest BCUT2D eigenvalue weighted by molar-refractivity contribution is -0.394. The van der Waals surface area contributed by atoms with Gasteiger partial charge in [0, 0.05) is 6.07 Å². The van der Waals surface area contributed by atoms with Crippen molar-refractivity contribution < 1.29 is 19.7 Å². The molecule has 8 nitrogen and oxygen atoms in total. The molecule has 0 radical (unpaired) electrons. The highest BCUT2D eigenvalue weighted by Gasteiger charge is 2.31. The maximum atomic E-state index is 11.6. The maximum Gasteiger partial charge on any atom is 0.336 e. The molecule has 26 heavy (non-hydrogen) atoms. The Balaban J connectivity index is 3.83. The van der Waals surface area contributed by atoms with Crippen LogP contribution in [-0.2, 0) is 4.79 Å². The van der Waals surface area contributed by atoms with Crippen molar-refractivity contribution in [3.05, 3.63) is 49.6 Å². The largest absolute Gasteiger partial charge is 0.478 e. The number of hydrogen-bond donors (Lipinski definition) is 1. The highest BCUT2D eigenvalue weighted by Crippen LogP contribution is 2.40. The smallest absolute Gasteiger partial charge is 0.336 e. The number of carboxylic acids is 1. The maximum absolute atomic E-state index is 11.6. The summed E-state index contributed by atoms with van der Waals surface area (Å²) in [5.74, 6) is -1.47. The predicted molar refractivity (Wildman–Crippen MR) is 98.2 cm³/mol. The average Bonchev–Trinajstić information content (AvgIpc) is 2.58. The van der Waals surface area contributed by atoms with Gasteiger partial charge in [0.25, 0.3) is 11.4 Å². The van der Waals surface area contributed by atoms with Crippen LogP contribution in [0.5, 0.6) is 0 Å². The van der Waals surface area contributed by atoms with Gasteiger partial charge in [0.2, 0.25) is 0 Å². The normalized spacial score (nSPS) is 12.7.